The van der Waals surface area contributed by atoms with Crippen molar-refractivity contribution in [3.63, 3.8) is 0 Å². The number of thiazole rings is 1. The van der Waals surface area contributed by atoms with E-state index in [1.807, 2.05) is 54.6 Å². The first-order chi connectivity index (χ1) is 18.2. The first-order valence-corrected chi connectivity index (χ1v) is 13.0. The average Bonchev–Trinajstić information content (AvgIpc) is 3.56. The largest absolute Gasteiger partial charge is 0.402 e. The average molecular weight is 516 g/mol. The zero-order valence-electron chi connectivity index (χ0n) is 20.2. The Balaban J connectivity index is 1.32. The summed E-state index contributed by atoms with van der Waals surface area (Å²) in [4.78, 5) is 24.9. The molecular formula is C26H25N7O3S. The van der Waals surface area contributed by atoms with E-state index in [-0.39, 0.29) is 11.9 Å². The predicted octanol–water partition coefficient (Wildman–Crippen LogP) is 3.82. The molecule has 1 atom stereocenters. The summed E-state index contributed by atoms with van der Waals surface area (Å²) in [7, 11) is 0. The molecule has 10 nitrogen and oxygen atoms in total. The SMILES string of the molecule is CCc1nc(-c2nnc(NC3N=C(c4ccccc4)c4ccccc4NC3=O)o2)c(N2CCOCC2)s1. The third-order valence-electron chi connectivity index (χ3n) is 6.14. The lowest BCUT2D eigenvalue weighted by Gasteiger charge is -2.27. The van der Waals surface area contributed by atoms with E-state index < -0.39 is 6.17 Å². The summed E-state index contributed by atoms with van der Waals surface area (Å²) in [6.07, 6.45) is -0.169. The van der Waals surface area contributed by atoms with Gasteiger partial charge in [-0.15, -0.1) is 16.4 Å². The van der Waals surface area contributed by atoms with E-state index in [4.69, 9.17) is 19.1 Å². The lowest BCUT2D eigenvalue weighted by Crippen LogP contribution is -2.36. The van der Waals surface area contributed by atoms with Crippen LogP contribution in [0.2, 0.25) is 0 Å². The van der Waals surface area contributed by atoms with Crippen LogP contribution in [0.1, 0.15) is 23.1 Å². The Kier molecular flexibility index (Phi) is 6.37. The fraction of sp³-hybridized carbons (Fsp3) is 0.269. The molecular weight excluding hydrogens is 490 g/mol. The van der Waals surface area contributed by atoms with Gasteiger partial charge in [-0.05, 0) is 12.5 Å². The number of fused-ring (bicyclic) bond motifs is 1. The lowest BCUT2D eigenvalue weighted by atomic mass is 10.0. The van der Waals surface area contributed by atoms with E-state index in [0.29, 0.717) is 36.2 Å². The van der Waals surface area contributed by atoms with Crippen molar-refractivity contribution in [2.75, 3.05) is 41.8 Å². The van der Waals surface area contributed by atoms with Gasteiger partial charge in [0.2, 0.25) is 6.17 Å². The van der Waals surface area contributed by atoms with Crippen LogP contribution in [0.4, 0.5) is 16.7 Å². The highest BCUT2D eigenvalue weighted by molar-refractivity contribution is 7.16. The number of hydrogen-bond acceptors (Lipinski definition) is 10. The van der Waals surface area contributed by atoms with Crippen LogP contribution in [0.25, 0.3) is 11.6 Å². The molecule has 1 amide bonds. The zero-order valence-corrected chi connectivity index (χ0v) is 21.0. The molecule has 11 heteroatoms. The van der Waals surface area contributed by atoms with Crippen LogP contribution in [0.15, 0.2) is 64.0 Å². The molecule has 1 saturated heterocycles. The Labute approximate surface area is 217 Å². The summed E-state index contributed by atoms with van der Waals surface area (Å²) in [6, 6.07) is 17.5. The van der Waals surface area contributed by atoms with Crippen LogP contribution in [0.3, 0.4) is 0 Å². The van der Waals surface area contributed by atoms with Gasteiger partial charge in [-0.1, -0.05) is 60.6 Å². The van der Waals surface area contributed by atoms with Crippen LogP contribution in [-0.4, -0.2) is 59.3 Å². The molecule has 1 unspecified atom stereocenters. The fourth-order valence-electron chi connectivity index (χ4n) is 4.30. The van der Waals surface area contributed by atoms with Crippen molar-refractivity contribution in [1.29, 1.82) is 0 Å². The van der Waals surface area contributed by atoms with Gasteiger partial charge in [0.1, 0.15) is 5.00 Å². The van der Waals surface area contributed by atoms with Crippen LogP contribution in [-0.2, 0) is 16.0 Å². The number of ether oxygens (including phenoxy) is 1. The van der Waals surface area contributed by atoms with E-state index in [9.17, 15) is 4.79 Å². The Morgan fingerprint density at radius 2 is 1.86 bits per heavy atom. The van der Waals surface area contributed by atoms with E-state index in [1.165, 1.54) is 0 Å². The van der Waals surface area contributed by atoms with Crippen molar-refractivity contribution in [2.45, 2.75) is 19.5 Å². The highest BCUT2D eigenvalue weighted by Gasteiger charge is 2.28. The molecule has 0 aliphatic carbocycles. The van der Waals surface area contributed by atoms with Gasteiger partial charge in [0.25, 0.3) is 11.8 Å². The summed E-state index contributed by atoms with van der Waals surface area (Å²) in [5.74, 6) is -0.0291. The number of nitrogens with zero attached hydrogens (tertiary/aromatic N) is 5. The first-order valence-electron chi connectivity index (χ1n) is 12.2. The standard InChI is InChI=1S/C26H25N7O3S/c1-2-19-28-21(25(37-19)33-12-14-35-15-13-33)24-31-32-26(36-24)30-22-23(34)27-18-11-7-6-10-17(18)20(29-22)16-8-4-3-5-9-16/h3-11,22H,2,12-15H2,1H3,(H,27,34)(H,30,32). The number of benzodiazepines with no additional fused rings is 1. The lowest BCUT2D eigenvalue weighted by molar-refractivity contribution is -0.116. The summed E-state index contributed by atoms with van der Waals surface area (Å²) in [5.41, 5.74) is 3.76. The van der Waals surface area contributed by atoms with E-state index >= 15 is 0 Å². The van der Waals surface area contributed by atoms with Crippen molar-refractivity contribution in [1.82, 2.24) is 15.2 Å². The summed E-state index contributed by atoms with van der Waals surface area (Å²) < 4.78 is 11.5. The first kappa shape index (κ1) is 23.3. The number of aromatic nitrogens is 3. The number of para-hydroxylation sites is 1. The van der Waals surface area contributed by atoms with E-state index in [0.717, 1.165) is 40.6 Å². The normalized spacial score (nSPS) is 17.5. The molecule has 2 aliphatic rings. The topological polar surface area (TPSA) is 118 Å². The Morgan fingerprint density at radius 1 is 1.08 bits per heavy atom. The molecule has 0 radical (unpaired) electrons. The van der Waals surface area contributed by atoms with Crippen LogP contribution in [0.5, 0.6) is 0 Å². The van der Waals surface area contributed by atoms with Gasteiger partial charge in [0, 0.05) is 24.2 Å². The number of morpholine rings is 1. The number of carbonyl (C=O) groups excluding carboxylic acids is 1. The van der Waals surface area contributed by atoms with Gasteiger partial charge >= 0.3 is 6.01 Å². The number of aryl methyl sites for hydroxylation is 1. The number of nitrogens with one attached hydrogen (secondary N) is 2. The number of benzene rings is 2. The van der Waals surface area contributed by atoms with Crippen molar-refractivity contribution in [3.8, 4) is 11.6 Å². The maximum Gasteiger partial charge on any atom is 0.317 e. The number of aliphatic imine (C=N–C) groups is 1. The Morgan fingerprint density at radius 3 is 2.68 bits per heavy atom. The summed E-state index contributed by atoms with van der Waals surface area (Å²) in [6.45, 7) is 4.94. The van der Waals surface area contributed by atoms with Gasteiger partial charge in [-0.25, -0.2) is 9.98 Å². The third kappa shape index (κ3) is 4.70. The second kappa shape index (κ2) is 10.1. The maximum absolute atomic E-state index is 13.1. The molecule has 2 aromatic heterocycles. The van der Waals surface area contributed by atoms with E-state index in [1.54, 1.807) is 11.3 Å². The molecule has 4 aromatic rings. The molecule has 4 heterocycles. The Hall–Kier alpha value is -4.09. The number of rotatable bonds is 6. The molecule has 0 bridgehead atoms. The fourth-order valence-corrected chi connectivity index (χ4v) is 5.35. The van der Waals surface area contributed by atoms with Crippen molar-refractivity contribution >= 4 is 39.7 Å². The van der Waals surface area contributed by atoms with Crippen molar-refractivity contribution < 1.29 is 13.9 Å². The highest BCUT2D eigenvalue weighted by atomic mass is 32.1. The van der Waals surface area contributed by atoms with Gasteiger partial charge < -0.3 is 24.7 Å². The molecule has 6 rings (SSSR count). The summed E-state index contributed by atoms with van der Waals surface area (Å²) in [5, 5.41) is 16.4. The number of amides is 1. The van der Waals surface area contributed by atoms with Crippen LogP contribution >= 0.6 is 11.3 Å². The monoisotopic (exact) mass is 515 g/mol. The molecule has 2 aliphatic heterocycles. The molecule has 0 spiro atoms. The predicted molar refractivity (Wildman–Crippen MR) is 142 cm³/mol. The van der Waals surface area contributed by atoms with Gasteiger partial charge in [0.15, 0.2) is 5.69 Å². The van der Waals surface area contributed by atoms with E-state index in [2.05, 4.69) is 32.7 Å². The Bertz CT molecular complexity index is 1440. The van der Waals surface area contributed by atoms with Gasteiger partial charge in [-0.3, -0.25) is 4.79 Å². The maximum atomic E-state index is 13.1. The minimum Gasteiger partial charge on any atom is -0.402 e. The smallest absolute Gasteiger partial charge is 0.317 e. The molecule has 0 saturated carbocycles. The van der Waals surface area contributed by atoms with Crippen LogP contribution in [0, 0.1) is 0 Å². The van der Waals surface area contributed by atoms with Gasteiger partial charge in [0.05, 0.1) is 29.6 Å². The molecule has 37 heavy (non-hydrogen) atoms. The highest BCUT2D eigenvalue weighted by Crippen LogP contribution is 2.37. The quantitative estimate of drug-likeness (QED) is 0.398. The minimum atomic E-state index is -0.976. The molecule has 1 fully saturated rings. The van der Waals surface area contributed by atoms with Crippen molar-refractivity contribution in [3.05, 3.63) is 70.7 Å². The minimum absolute atomic E-state index is 0.0937. The van der Waals surface area contributed by atoms with Crippen molar-refractivity contribution in [2.24, 2.45) is 4.99 Å². The third-order valence-corrected chi connectivity index (χ3v) is 7.40. The number of hydrogen-bond donors (Lipinski definition) is 2. The zero-order chi connectivity index (χ0) is 25.2. The van der Waals surface area contributed by atoms with Crippen LogP contribution < -0.4 is 15.5 Å². The van der Waals surface area contributed by atoms with Gasteiger partial charge in [-0.2, -0.15) is 0 Å². The number of anilines is 3. The second-order valence-corrected chi connectivity index (χ2v) is 9.61. The molecule has 188 valence electrons. The number of carbonyl (C=O) groups is 1. The second-order valence-electron chi connectivity index (χ2n) is 8.55. The summed E-state index contributed by atoms with van der Waals surface area (Å²) >= 11 is 1.62. The molecule has 2 N–H and O–H groups in total. The molecule has 2 aromatic carbocycles.